The van der Waals surface area contributed by atoms with Crippen LogP contribution in [0.25, 0.3) is 20.8 Å². The molecule has 0 aliphatic heterocycles. The second kappa shape index (κ2) is 5.07. The zero-order chi connectivity index (χ0) is 13.2. The van der Waals surface area contributed by atoms with Crippen LogP contribution in [-0.4, -0.2) is 11.5 Å². The molecule has 3 rings (SSSR count). The van der Waals surface area contributed by atoms with Gasteiger partial charge in [-0.05, 0) is 42.8 Å². The Morgan fingerprint density at radius 2 is 2.00 bits per heavy atom. The van der Waals surface area contributed by atoms with Crippen molar-refractivity contribution >= 4 is 21.6 Å². The lowest BCUT2D eigenvalue weighted by molar-refractivity contribution is 0.631. The Hall–Kier alpha value is -1.78. The van der Waals surface area contributed by atoms with Crippen molar-refractivity contribution in [3.63, 3.8) is 0 Å². The van der Waals surface area contributed by atoms with E-state index < -0.39 is 0 Å². The summed E-state index contributed by atoms with van der Waals surface area (Å²) in [5.74, 6) is -0.233. The minimum absolute atomic E-state index is 0.233. The molecule has 0 radical (unpaired) electrons. The van der Waals surface area contributed by atoms with Gasteiger partial charge in [-0.15, -0.1) is 11.3 Å². The third-order valence-electron chi connectivity index (χ3n) is 2.99. The molecule has 0 atom stereocenters. The van der Waals surface area contributed by atoms with Crippen LogP contribution < -0.4 is 5.73 Å². The third-order valence-corrected chi connectivity index (χ3v) is 4.06. The van der Waals surface area contributed by atoms with E-state index in [9.17, 15) is 4.39 Å². The maximum atomic E-state index is 13.8. The monoisotopic (exact) mass is 272 g/mol. The highest BCUT2D eigenvalue weighted by Gasteiger charge is 2.10. The highest BCUT2D eigenvalue weighted by molar-refractivity contribution is 7.21. The molecule has 2 nitrogen and oxygen atoms in total. The zero-order valence-electron chi connectivity index (χ0n) is 10.3. The highest BCUT2D eigenvalue weighted by atomic mass is 32.1. The first kappa shape index (κ1) is 12.3. The minimum Gasteiger partial charge on any atom is -0.330 e. The van der Waals surface area contributed by atoms with Crippen LogP contribution >= 0.6 is 11.3 Å². The molecule has 0 aliphatic carbocycles. The fourth-order valence-corrected chi connectivity index (χ4v) is 3.02. The van der Waals surface area contributed by atoms with Gasteiger partial charge in [-0.2, -0.15) is 0 Å². The standard InChI is InChI=1S/C15H13FN2S/c16-12-4-2-1-3-11(12)15-18-13-9-10(7-8-17)5-6-14(13)19-15/h1-6,9H,7-8,17H2. The molecule has 0 unspecified atom stereocenters. The van der Waals surface area contributed by atoms with Gasteiger partial charge in [-0.1, -0.05) is 18.2 Å². The Balaban J connectivity index is 2.09. The van der Waals surface area contributed by atoms with Crippen LogP contribution in [0.15, 0.2) is 42.5 Å². The van der Waals surface area contributed by atoms with Crippen molar-refractivity contribution in [1.29, 1.82) is 0 Å². The van der Waals surface area contributed by atoms with E-state index in [1.54, 1.807) is 12.1 Å². The number of nitrogens with two attached hydrogens (primary N) is 1. The Bertz CT molecular complexity index is 721. The molecule has 0 aliphatic rings. The van der Waals surface area contributed by atoms with Crippen molar-refractivity contribution in [2.45, 2.75) is 6.42 Å². The summed E-state index contributed by atoms with van der Waals surface area (Å²) in [6.07, 6.45) is 0.836. The second-order valence-corrected chi connectivity index (χ2v) is 5.37. The summed E-state index contributed by atoms with van der Waals surface area (Å²) in [7, 11) is 0. The van der Waals surface area contributed by atoms with Crippen molar-refractivity contribution in [3.05, 3.63) is 53.8 Å². The Morgan fingerprint density at radius 3 is 2.79 bits per heavy atom. The van der Waals surface area contributed by atoms with Crippen LogP contribution in [-0.2, 0) is 6.42 Å². The summed E-state index contributed by atoms with van der Waals surface area (Å²) in [6.45, 7) is 0.621. The molecule has 3 aromatic rings. The fraction of sp³-hybridized carbons (Fsp3) is 0.133. The van der Waals surface area contributed by atoms with Gasteiger partial charge in [0.25, 0.3) is 0 Å². The summed E-state index contributed by atoms with van der Waals surface area (Å²) in [5, 5.41) is 0.720. The molecular weight excluding hydrogens is 259 g/mol. The number of hydrogen-bond donors (Lipinski definition) is 1. The minimum atomic E-state index is -0.233. The first-order valence-corrected chi connectivity index (χ1v) is 6.94. The summed E-state index contributed by atoms with van der Waals surface area (Å²) in [4.78, 5) is 4.52. The van der Waals surface area contributed by atoms with E-state index in [1.807, 2.05) is 18.2 Å². The Kier molecular flexibility index (Phi) is 3.27. The quantitative estimate of drug-likeness (QED) is 0.791. The van der Waals surface area contributed by atoms with Gasteiger partial charge in [0, 0.05) is 5.56 Å². The first-order chi connectivity index (χ1) is 9.28. The topological polar surface area (TPSA) is 38.9 Å². The summed E-state index contributed by atoms with van der Waals surface area (Å²) >= 11 is 1.51. The van der Waals surface area contributed by atoms with E-state index in [-0.39, 0.29) is 5.82 Å². The summed E-state index contributed by atoms with van der Waals surface area (Å²) < 4.78 is 14.8. The number of aromatic nitrogens is 1. The number of hydrogen-bond acceptors (Lipinski definition) is 3. The van der Waals surface area contributed by atoms with Crippen LogP contribution in [0.4, 0.5) is 4.39 Å². The largest absolute Gasteiger partial charge is 0.330 e. The molecule has 0 saturated carbocycles. The highest BCUT2D eigenvalue weighted by Crippen LogP contribution is 2.31. The molecule has 0 fully saturated rings. The maximum Gasteiger partial charge on any atom is 0.133 e. The predicted octanol–water partition coefficient (Wildman–Crippen LogP) is 3.60. The average Bonchev–Trinajstić information content (AvgIpc) is 2.82. The number of nitrogens with zero attached hydrogens (tertiary/aromatic N) is 1. The molecule has 0 bridgehead atoms. The van der Waals surface area contributed by atoms with Gasteiger partial charge in [-0.25, -0.2) is 9.37 Å². The van der Waals surface area contributed by atoms with Crippen molar-refractivity contribution in [1.82, 2.24) is 4.98 Å². The number of thiazole rings is 1. The van der Waals surface area contributed by atoms with Gasteiger partial charge < -0.3 is 5.73 Å². The Labute approximate surface area is 114 Å². The molecule has 1 aromatic heterocycles. The molecule has 0 spiro atoms. The molecule has 1 heterocycles. The van der Waals surface area contributed by atoms with E-state index in [4.69, 9.17) is 5.73 Å². The van der Waals surface area contributed by atoms with E-state index in [2.05, 4.69) is 11.1 Å². The third kappa shape index (κ3) is 2.37. The molecule has 0 amide bonds. The van der Waals surface area contributed by atoms with Crippen LogP contribution in [0.3, 0.4) is 0 Å². The number of rotatable bonds is 3. The van der Waals surface area contributed by atoms with Crippen LogP contribution in [0, 0.1) is 5.82 Å². The normalized spacial score (nSPS) is 11.1. The molecule has 19 heavy (non-hydrogen) atoms. The molecule has 4 heteroatoms. The summed E-state index contributed by atoms with van der Waals surface area (Å²) in [5.41, 5.74) is 8.19. The van der Waals surface area contributed by atoms with Crippen molar-refractivity contribution in [2.24, 2.45) is 5.73 Å². The molecule has 2 aromatic carbocycles. The lowest BCUT2D eigenvalue weighted by Crippen LogP contribution is -2.02. The molecule has 2 N–H and O–H groups in total. The smallest absolute Gasteiger partial charge is 0.133 e. The number of benzene rings is 2. The second-order valence-electron chi connectivity index (χ2n) is 4.34. The van der Waals surface area contributed by atoms with E-state index in [0.29, 0.717) is 12.1 Å². The predicted molar refractivity (Wildman–Crippen MR) is 77.8 cm³/mol. The average molecular weight is 272 g/mol. The number of fused-ring (bicyclic) bond motifs is 1. The SMILES string of the molecule is NCCc1ccc2sc(-c3ccccc3F)nc2c1. The molecule has 0 saturated heterocycles. The Morgan fingerprint density at radius 1 is 1.16 bits per heavy atom. The van der Waals surface area contributed by atoms with Crippen LogP contribution in [0.1, 0.15) is 5.56 Å². The number of halogens is 1. The van der Waals surface area contributed by atoms with Gasteiger partial charge in [0.2, 0.25) is 0 Å². The molecular formula is C15H13FN2S. The van der Waals surface area contributed by atoms with Gasteiger partial charge in [0.05, 0.1) is 10.2 Å². The van der Waals surface area contributed by atoms with Crippen LogP contribution in [0.5, 0.6) is 0 Å². The summed E-state index contributed by atoms with van der Waals surface area (Å²) in [6, 6.07) is 12.8. The van der Waals surface area contributed by atoms with Gasteiger partial charge in [0.15, 0.2) is 0 Å². The first-order valence-electron chi connectivity index (χ1n) is 6.12. The fourth-order valence-electron chi connectivity index (χ4n) is 2.05. The van der Waals surface area contributed by atoms with E-state index in [1.165, 1.54) is 23.0 Å². The molecule has 96 valence electrons. The van der Waals surface area contributed by atoms with E-state index in [0.717, 1.165) is 21.6 Å². The van der Waals surface area contributed by atoms with Crippen molar-refractivity contribution < 1.29 is 4.39 Å². The van der Waals surface area contributed by atoms with Crippen LogP contribution in [0.2, 0.25) is 0 Å². The maximum absolute atomic E-state index is 13.8. The van der Waals surface area contributed by atoms with E-state index >= 15 is 0 Å². The van der Waals surface area contributed by atoms with Gasteiger partial charge >= 0.3 is 0 Å². The lowest BCUT2D eigenvalue weighted by Gasteiger charge is -1.97. The lowest BCUT2D eigenvalue weighted by atomic mass is 10.1. The van der Waals surface area contributed by atoms with Crippen molar-refractivity contribution in [2.75, 3.05) is 6.54 Å². The zero-order valence-corrected chi connectivity index (χ0v) is 11.1. The van der Waals surface area contributed by atoms with Gasteiger partial charge in [-0.3, -0.25) is 0 Å². The van der Waals surface area contributed by atoms with Crippen molar-refractivity contribution in [3.8, 4) is 10.6 Å². The van der Waals surface area contributed by atoms with Gasteiger partial charge in [0.1, 0.15) is 10.8 Å².